The Balaban J connectivity index is 1.72. The van der Waals surface area contributed by atoms with Gasteiger partial charge in [0.1, 0.15) is 19.0 Å². The van der Waals surface area contributed by atoms with E-state index >= 15 is 0 Å². The first kappa shape index (κ1) is 31.5. The van der Waals surface area contributed by atoms with Gasteiger partial charge in [-0.1, -0.05) is 18.7 Å². The average molecular weight is 776 g/mol. The molecule has 0 bridgehead atoms. The minimum absolute atomic E-state index is 0.142. The molecule has 3 rings (SSSR count). The SMILES string of the molecule is C=CCOc1c(I)cc(I)cc1/C=N/N[C@H](O)COc1ccc([C@@H]2NC(=O)NC(C)=C2C(=O)OC)cc1OCC. The fourth-order valence-electron chi connectivity index (χ4n) is 3.79. The van der Waals surface area contributed by atoms with Crippen LogP contribution in [-0.2, 0) is 9.53 Å². The lowest BCUT2D eigenvalue weighted by Gasteiger charge is -2.28. The molecule has 1 aliphatic rings. The van der Waals surface area contributed by atoms with Crippen molar-refractivity contribution in [2.75, 3.05) is 26.9 Å². The number of hydrazone groups is 1. The molecule has 40 heavy (non-hydrogen) atoms. The molecule has 0 saturated carbocycles. The lowest BCUT2D eigenvalue weighted by atomic mass is 9.95. The summed E-state index contributed by atoms with van der Waals surface area (Å²) in [6, 6.07) is 7.73. The molecule has 2 aromatic rings. The fraction of sp³-hybridized carbons (Fsp3) is 0.296. The van der Waals surface area contributed by atoms with E-state index in [4.69, 9.17) is 18.9 Å². The van der Waals surface area contributed by atoms with Crippen LogP contribution < -0.4 is 30.3 Å². The Bertz CT molecular complexity index is 1320. The summed E-state index contributed by atoms with van der Waals surface area (Å²) in [4.78, 5) is 24.5. The van der Waals surface area contributed by atoms with Crippen LogP contribution in [0.2, 0.25) is 0 Å². The smallest absolute Gasteiger partial charge is 0.337 e. The molecular weight excluding hydrogens is 746 g/mol. The monoisotopic (exact) mass is 776 g/mol. The number of rotatable bonds is 13. The van der Waals surface area contributed by atoms with Gasteiger partial charge in [0.05, 0.1) is 35.1 Å². The van der Waals surface area contributed by atoms with Crippen molar-refractivity contribution >= 4 is 63.4 Å². The highest BCUT2D eigenvalue weighted by Gasteiger charge is 2.32. The second kappa shape index (κ2) is 15.1. The number of esters is 1. The lowest BCUT2D eigenvalue weighted by molar-refractivity contribution is -0.136. The molecule has 0 aromatic heterocycles. The Morgan fingerprint density at radius 1 is 1.23 bits per heavy atom. The summed E-state index contributed by atoms with van der Waals surface area (Å²) >= 11 is 4.41. The number of benzene rings is 2. The van der Waals surface area contributed by atoms with Crippen LogP contribution in [0, 0.1) is 7.14 Å². The summed E-state index contributed by atoms with van der Waals surface area (Å²) in [5.41, 5.74) is 4.65. The zero-order valence-electron chi connectivity index (χ0n) is 22.1. The van der Waals surface area contributed by atoms with E-state index in [1.807, 2.05) is 19.1 Å². The maximum atomic E-state index is 12.4. The maximum Gasteiger partial charge on any atom is 0.337 e. The summed E-state index contributed by atoms with van der Waals surface area (Å²) in [6.07, 6.45) is 2.09. The van der Waals surface area contributed by atoms with Crippen LogP contribution in [0.4, 0.5) is 4.79 Å². The molecule has 11 nitrogen and oxygen atoms in total. The standard InChI is InChI=1S/C27H30I2N4O7/c1-5-9-39-25-17(10-18(28)12-19(25)29)13-30-33-22(34)14-40-20-8-7-16(11-21(20)38-6-2)24-23(26(35)37-4)15(3)31-27(36)32-24/h5,7-8,10-13,22,24,33-34H,1,6,9,14H2,2-4H3,(H2,31,32,36)/b30-13+/t22-,24+/m1/s1. The topological polar surface area (TPSA) is 140 Å². The van der Waals surface area contributed by atoms with Gasteiger partial charge in [-0.15, -0.1) is 0 Å². The molecule has 0 fully saturated rings. The zero-order chi connectivity index (χ0) is 29.2. The summed E-state index contributed by atoms with van der Waals surface area (Å²) in [6.45, 7) is 7.68. The third-order valence-electron chi connectivity index (χ3n) is 5.48. The van der Waals surface area contributed by atoms with Gasteiger partial charge in [0.15, 0.2) is 17.7 Å². The van der Waals surface area contributed by atoms with Crippen molar-refractivity contribution in [1.82, 2.24) is 16.1 Å². The molecule has 0 radical (unpaired) electrons. The molecule has 2 aromatic carbocycles. The number of ether oxygens (including phenoxy) is 4. The fourth-order valence-corrected chi connectivity index (χ4v) is 5.83. The quantitative estimate of drug-likeness (QED) is 0.0599. The Hall–Kier alpha value is -3.05. The summed E-state index contributed by atoms with van der Waals surface area (Å²) in [7, 11) is 1.28. The van der Waals surface area contributed by atoms with Crippen LogP contribution in [0.3, 0.4) is 0 Å². The van der Waals surface area contributed by atoms with Crippen molar-refractivity contribution in [1.29, 1.82) is 0 Å². The van der Waals surface area contributed by atoms with E-state index in [1.165, 1.54) is 7.11 Å². The predicted molar refractivity (Wildman–Crippen MR) is 167 cm³/mol. The number of aliphatic hydroxyl groups is 1. The number of halogens is 2. The van der Waals surface area contributed by atoms with Crippen molar-refractivity contribution in [2.24, 2.45) is 5.10 Å². The summed E-state index contributed by atoms with van der Waals surface area (Å²) < 4.78 is 24.1. The molecule has 1 heterocycles. The minimum Gasteiger partial charge on any atom is -0.490 e. The Kier molecular flexibility index (Phi) is 11.9. The second-order valence-corrected chi connectivity index (χ2v) is 10.7. The third kappa shape index (κ3) is 8.23. The Labute approximate surface area is 259 Å². The highest BCUT2D eigenvalue weighted by molar-refractivity contribution is 14.1. The molecule has 0 aliphatic carbocycles. The molecule has 13 heteroatoms. The summed E-state index contributed by atoms with van der Waals surface area (Å²) in [5, 5.41) is 19.9. The van der Waals surface area contributed by atoms with Gasteiger partial charge in [0.25, 0.3) is 0 Å². The van der Waals surface area contributed by atoms with Crippen molar-refractivity contribution in [3.05, 3.63) is 72.5 Å². The zero-order valence-corrected chi connectivity index (χ0v) is 26.4. The highest BCUT2D eigenvalue weighted by atomic mass is 127. The van der Waals surface area contributed by atoms with Gasteiger partial charge in [0.2, 0.25) is 0 Å². The molecule has 0 saturated heterocycles. The molecule has 214 valence electrons. The van der Waals surface area contributed by atoms with Gasteiger partial charge >= 0.3 is 12.0 Å². The number of aliphatic hydroxyl groups excluding tert-OH is 1. The number of hydrogen-bond acceptors (Lipinski definition) is 9. The van der Waals surface area contributed by atoms with Gasteiger partial charge in [-0.05, 0) is 88.9 Å². The first-order chi connectivity index (χ1) is 19.2. The van der Waals surface area contributed by atoms with E-state index in [1.54, 1.807) is 37.4 Å². The maximum absolute atomic E-state index is 12.4. The average Bonchev–Trinajstić information content (AvgIpc) is 2.91. The number of nitrogens with zero attached hydrogens (tertiary/aromatic N) is 1. The van der Waals surface area contributed by atoms with E-state index in [9.17, 15) is 14.7 Å². The first-order valence-electron chi connectivity index (χ1n) is 12.1. The van der Waals surface area contributed by atoms with Gasteiger partial charge in [-0.25, -0.2) is 9.59 Å². The molecular formula is C27H30I2N4O7. The Morgan fingerprint density at radius 2 is 2.00 bits per heavy atom. The van der Waals surface area contributed by atoms with E-state index in [-0.39, 0.29) is 12.2 Å². The van der Waals surface area contributed by atoms with E-state index in [2.05, 4.69) is 72.9 Å². The number of urea groups is 1. The molecule has 1 aliphatic heterocycles. The number of allylic oxidation sites excluding steroid dienone is 1. The third-order valence-corrected chi connectivity index (χ3v) is 6.91. The number of amides is 2. The van der Waals surface area contributed by atoms with Crippen LogP contribution >= 0.6 is 45.2 Å². The molecule has 2 amide bonds. The van der Waals surface area contributed by atoms with Crippen LogP contribution in [-0.4, -0.2) is 56.5 Å². The number of hydrogen-bond donors (Lipinski definition) is 4. The molecule has 0 spiro atoms. The van der Waals surface area contributed by atoms with Crippen molar-refractivity contribution in [3.8, 4) is 17.2 Å². The molecule has 4 N–H and O–H groups in total. The van der Waals surface area contributed by atoms with Gasteiger partial charge < -0.3 is 34.7 Å². The first-order valence-corrected chi connectivity index (χ1v) is 14.3. The van der Waals surface area contributed by atoms with Gasteiger partial charge in [-0.2, -0.15) is 5.10 Å². The predicted octanol–water partition coefficient (Wildman–Crippen LogP) is 3.98. The van der Waals surface area contributed by atoms with E-state index in [0.29, 0.717) is 41.7 Å². The number of carbonyl (C=O) groups excluding carboxylic acids is 2. The van der Waals surface area contributed by atoms with Crippen molar-refractivity contribution in [3.63, 3.8) is 0 Å². The molecule has 0 unspecified atom stereocenters. The van der Waals surface area contributed by atoms with Crippen LogP contribution in [0.15, 0.2) is 59.4 Å². The normalized spacial score (nSPS) is 15.7. The highest BCUT2D eigenvalue weighted by Crippen LogP contribution is 2.35. The number of nitrogens with one attached hydrogen (secondary N) is 3. The van der Waals surface area contributed by atoms with Crippen molar-refractivity contribution < 1.29 is 33.6 Å². The van der Waals surface area contributed by atoms with E-state index < -0.39 is 24.3 Å². The van der Waals surface area contributed by atoms with Crippen LogP contribution in [0.5, 0.6) is 17.2 Å². The second-order valence-electron chi connectivity index (χ2n) is 8.32. The number of methoxy groups -OCH3 is 1. The Morgan fingerprint density at radius 3 is 2.70 bits per heavy atom. The largest absolute Gasteiger partial charge is 0.490 e. The van der Waals surface area contributed by atoms with Crippen LogP contribution in [0.1, 0.15) is 31.0 Å². The van der Waals surface area contributed by atoms with Gasteiger partial charge in [-0.3, -0.25) is 5.43 Å². The van der Waals surface area contributed by atoms with E-state index in [0.717, 1.165) is 12.7 Å². The van der Waals surface area contributed by atoms with Crippen LogP contribution in [0.25, 0.3) is 0 Å². The lowest BCUT2D eigenvalue weighted by Crippen LogP contribution is -2.45. The van der Waals surface area contributed by atoms with Crippen molar-refractivity contribution in [2.45, 2.75) is 26.1 Å². The summed E-state index contributed by atoms with van der Waals surface area (Å²) in [5.74, 6) is 0.845. The molecule has 2 atom stereocenters. The minimum atomic E-state index is -1.13. The number of carbonyl (C=O) groups is 2. The van der Waals surface area contributed by atoms with Gasteiger partial charge in [0, 0.05) is 14.8 Å².